The van der Waals surface area contributed by atoms with Crippen molar-refractivity contribution in [3.05, 3.63) is 41.5 Å². The molecule has 4 heteroatoms. The van der Waals surface area contributed by atoms with E-state index in [1.54, 1.807) is 29.2 Å². The van der Waals surface area contributed by atoms with Gasteiger partial charge in [-0.25, -0.2) is 4.79 Å². The molecule has 1 rings (SSSR count). The first-order chi connectivity index (χ1) is 9.08. The molecule has 0 aliphatic heterocycles. The van der Waals surface area contributed by atoms with Crippen molar-refractivity contribution in [3.63, 3.8) is 0 Å². The van der Waals surface area contributed by atoms with E-state index >= 15 is 0 Å². The number of benzene rings is 1. The monoisotopic (exact) mass is 261 g/mol. The molecule has 0 aliphatic rings. The maximum absolute atomic E-state index is 12.2. The Morgan fingerprint density at radius 1 is 1.21 bits per heavy atom. The van der Waals surface area contributed by atoms with Gasteiger partial charge in [-0.05, 0) is 37.1 Å². The van der Waals surface area contributed by atoms with E-state index in [1.807, 2.05) is 13.8 Å². The first kappa shape index (κ1) is 15.0. The molecule has 19 heavy (non-hydrogen) atoms. The predicted octanol–water partition coefficient (Wildman–Crippen LogP) is 2.66. The van der Waals surface area contributed by atoms with E-state index in [2.05, 4.69) is 0 Å². The first-order valence-electron chi connectivity index (χ1n) is 6.38. The summed E-state index contributed by atoms with van der Waals surface area (Å²) in [7, 11) is 0. The zero-order chi connectivity index (χ0) is 14.3. The number of carbonyl (C=O) groups excluding carboxylic acids is 1. The van der Waals surface area contributed by atoms with Crippen LogP contribution in [0.1, 0.15) is 36.2 Å². The summed E-state index contributed by atoms with van der Waals surface area (Å²) in [4.78, 5) is 24.4. The fourth-order valence-corrected chi connectivity index (χ4v) is 1.76. The van der Waals surface area contributed by atoms with Crippen LogP contribution in [0.5, 0.6) is 0 Å². The molecule has 0 unspecified atom stereocenters. The molecule has 0 atom stereocenters. The zero-order valence-electron chi connectivity index (χ0n) is 11.3. The number of rotatable bonds is 6. The lowest BCUT2D eigenvalue weighted by atomic mass is 10.1. The Hall–Kier alpha value is -2.10. The maximum atomic E-state index is 12.2. The molecule has 1 amide bonds. The predicted molar refractivity (Wildman–Crippen MR) is 75.0 cm³/mol. The van der Waals surface area contributed by atoms with Crippen LogP contribution in [0.2, 0.25) is 0 Å². The molecule has 0 bridgehead atoms. The van der Waals surface area contributed by atoms with Gasteiger partial charge in [0.25, 0.3) is 5.91 Å². The number of hydrogen-bond acceptors (Lipinski definition) is 2. The second-order valence-electron chi connectivity index (χ2n) is 4.18. The summed E-state index contributed by atoms with van der Waals surface area (Å²) < 4.78 is 0. The van der Waals surface area contributed by atoms with Crippen molar-refractivity contribution in [1.82, 2.24) is 4.90 Å². The Balaban J connectivity index is 2.80. The van der Waals surface area contributed by atoms with Crippen LogP contribution in [-0.2, 0) is 4.79 Å². The van der Waals surface area contributed by atoms with Crippen LogP contribution in [0, 0.1) is 0 Å². The molecule has 0 fully saturated rings. The van der Waals surface area contributed by atoms with E-state index in [9.17, 15) is 9.59 Å². The highest BCUT2D eigenvalue weighted by Crippen LogP contribution is 2.09. The third kappa shape index (κ3) is 4.58. The number of carboxylic acids is 1. The van der Waals surface area contributed by atoms with Crippen molar-refractivity contribution in [3.8, 4) is 0 Å². The van der Waals surface area contributed by atoms with E-state index in [-0.39, 0.29) is 5.91 Å². The van der Waals surface area contributed by atoms with E-state index in [1.165, 1.54) is 6.08 Å². The summed E-state index contributed by atoms with van der Waals surface area (Å²) in [6.45, 7) is 5.43. The van der Waals surface area contributed by atoms with Crippen molar-refractivity contribution in [1.29, 1.82) is 0 Å². The van der Waals surface area contributed by atoms with Crippen LogP contribution < -0.4 is 0 Å². The van der Waals surface area contributed by atoms with Crippen LogP contribution >= 0.6 is 0 Å². The number of hydrogen-bond donors (Lipinski definition) is 1. The first-order valence-corrected chi connectivity index (χ1v) is 6.38. The maximum Gasteiger partial charge on any atom is 0.328 e. The van der Waals surface area contributed by atoms with E-state index in [4.69, 9.17) is 5.11 Å². The van der Waals surface area contributed by atoms with Crippen LogP contribution in [0.25, 0.3) is 6.08 Å². The Labute approximate surface area is 113 Å². The number of amides is 1. The number of carbonyl (C=O) groups is 2. The van der Waals surface area contributed by atoms with E-state index < -0.39 is 5.97 Å². The van der Waals surface area contributed by atoms with Gasteiger partial charge in [-0.3, -0.25) is 4.79 Å². The number of nitrogens with zero attached hydrogens (tertiary/aromatic N) is 1. The van der Waals surface area contributed by atoms with Gasteiger partial charge in [-0.1, -0.05) is 19.1 Å². The van der Waals surface area contributed by atoms with Gasteiger partial charge in [0.2, 0.25) is 0 Å². The Bertz CT molecular complexity index is 463. The highest BCUT2D eigenvalue weighted by Gasteiger charge is 2.12. The van der Waals surface area contributed by atoms with Crippen LogP contribution in [0.4, 0.5) is 0 Å². The Morgan fingerprint density at radius 3 is 2.32 bits per heavy atom. The minimum atomic E-state index is -0.986. The third-order valence-electron chi connectivity index (χ3n) is 2.74. The molecular formula is C15H19NO3. The lowest BCUT2D eigenvalue weighted by Gasteiger charge is -2.20. The van der Waals surface area contributed by atoms with Gasteiger partial charge in [0.05, 0.1) is 0 Å². The zero-order valence-corrected chi connectivity index (χ0v) is 11.3. The smallest absolute Gasteiger partial charge is 0.328 e. The highest BCUT2D eigenvalue weighted by atomic mass is 16.4. The van der Waals surface area contributed by atoms with Gasteiger partial charge >= 0.3 is 5.97 Å². The lowest BCUT2D eigenvalue weighted by molar-refractivity contribution is -0.131. The van der Waals surface area contributed by atoms with Crippen molar-refractivity contribution in [2.75, 3.05) is 13.1 Å². The van der Waals surface area contributed by atoms with Gasteiger partial charge in [0.15, 0.2) is 0 Å². The topological polar surface area (TPSA) is 57.6 Å². The highest BCUT2D eigenvalue weighted by molar-refractivity contribution is 5.94. The SMILES string of the molecule is CCCN(CC)C(=O)c1ccc(/C=C/C(=O)O)cc1. The lowest BCUT2D eigenvalue weighted by Crippen LogP contribution is -2.31. The molecule has 0 radical (unpaired) electrons. The number of aliphatic carboxylic acids is 1. The van der Waals surface area contributed by atoms with Crippen LogP contribution in [0.3, 0.4) is 0 Å². The second-order valence-corrected chi connectivity index (χ2v) is 4.18. The van der Waals surface area contributed by atoms with Crippen molar-refractivity contribution < 1.29 is 14.7 Å². The molecule has 0 heterocycles. The standard InChI is InChI=1S/C15H19NO3/c1-3-11-16(4-2)15(19)13-8-5-12(6-9-13)7-10-14(17)18/h5-10H,3-4,11H2,1-2H3,(H,17,18)/b10-7+. The fourth-order valence-electron chi connectivity index (χ4n) is 1.76. The van der Waals surface area contributed by atoms with Gasteiger partial charge < -0.3 is 10.0 Å². The van der Waals surface area contributed by atoms with Crippen molar-refractivity contribution in [2.45, 2.75) is 20.3 Å². The molecule has 0 saturated carbocycles. The molecule has 0 aromatic heterocycles. The Morgan fingerprint density at radius 2 is 1.84 bits per heavy atom. The summed E-state index contributed by atoms with van der Waals surface area (Å²) >= 11 is 0. The summed E-state index contributed by atoms with van der Waals surface area (Å²) in [5, 5.41) is 8.53. The average Bonchev–Trinajstić information content (AvgIpc) is 2.42. The van der Waals surface area contributed by atoms with Crippen molar-refractivity contribution >= 4 is 18.0 Å². The fraction of sp³-hybridized carbons (Fsp3) is 0.333. The minimum absolute atomic E-state index is 0.0121. The third-order valence-corrected chi connectivity index (χ3v) is 2.74. The summed E-state index contributed by atoms with van der Waals surface area (Å²) in [5.74, 6) is -0.974. The minimum Gasteiger partial charge on any atom is -0.478 e. The number of carboxylic acid groups (broad SMARTS) is 1. The van der Waals surface area contributed by atoms with E-state index in [0.717, 1.165) is 24.6 Å². The van der Waals surface area contributed by atoms with Gasteiger partial charge in [-0.15, -0.1) is 0 Å². The molecule has 0 saturated heterocycles. The Kier molecular flexibility index (Phi) is 5.79. The molecule has 102 valence electrons. The second kappa shape index (κ2) is 7.36. The summed E-state index contributed by atoms with van der Waals surface area (Å²) in [5.41, 5.74) is 1.39. The molecular weight excluding hydrogens is 242 g/mol. The molecule has 0 spiro atoms. The van der Waals surface area contributed by atoms with Crippen LogP contribution in [0.15, 0.2) is 30.3 Å². The summed E-state index contributed by atoms with van der Waals surface area (Å²) in [6.07, 6.45) is 3.51. The normalized spacial score (nSPS) is 10.6. The molecule has 1 aromatic carbocycles. The van der Waals surface area contributed by atoms with Gasteiger partial charge in [0, 0.05) is 24.7 Å². The van der Waals surface area contributed by atoms with E-state index in [0.29, 0.717) is 12.1 Å². The van der Waals surface area contributed by atoms with Gasteiger partial charge in [-0.2, -0.15) is 0 Å². The quantitative estimate of drug-likeness (QED) is 0.801. The largest absolute Gasteiger partial charge is 0.478 e. The molecule has 0 aliphatic carbocycles. The molecule has 1 aromatic rings. The van der Waals surface area contributed by atoms with Crippen molar-refractivity contribution in [2.24, 2.45) is 0 Å². The molecule has 4 nitrogen and oxygen atoms in total. The average molecular weight is 261 g/mol. The van der Waals surface area contributed by atoms with Crippen LogP contribution in [-0.4, -0.2) is 35.0 Å². The summed E-state index contributed by atoms with van der Waals surface area (Å²) in [6, 6.07) is 6.93. The molecule has 1 N–H and O–H groups in total. The van der Waals surface area contributed by atoms with Gasteiger partial charge in [0.1, 0.15) is 0 Å².